The van der Waals surface area contributed by atoms with Crippen LogP contribution in [0.15, 0.2) is 6.20 Å². The van der Waals surface area contributed by atoms with Gasteiger partial charge in [-0.15, -0.1) is 5.10 Å². The number of methoxy groups -OCH3 is 1. The van der Waals surface area contributed by atoms with Crippen molar-refractivity contribution >= 4 is 17.4 Å². The van der Waals surface area contributed by atoms with Gasteiger partial charge >= 0.3 is 0 Å². The summed E-state index contributed by atoms with van der Waals surface area (Å²) in [7, 11) is 3.11. The van der Waals surface area contributed by atoms with E-state index in [1.807, 2.05) is 0 Å². The number of carbonyl (C=O) groups excluding carboxylic acids is 1. The minimum atomic E-state index is -0.676. The normalized spacial score (nSPS) is 12.5. The summed E-state index contributed by atoms with van der Waals surface area (Å²) in [5.41, 5.74) is 0. The Kier molecular flexibility index (Phi) is 4.60. The monoisotopic (exact) mass is 231 g/mol. The topological polar surface area (TPSA) is 75.6 Å². The molecular formula is C8H13N3O3S. The first-order chi connectivity index (χ1) is 7.15. The Morgan fingerprint density at radius 3 is 3.07 bits per heavy atom. The van der Waals surface area contributed by atoms with Crippen molar-refractivity contribution in [3.63, 3.8) is 0 Å². The van der Waals surface area contributed by atoms with Crippen LogP contribution in [0.5, 0.6) is 0 Å². The highest BCUT2D eigenvalue weighted by Crippen LogP contribution is 2.06. The number of carbonyl (C=O) groups is 1. The van der Waals surface area contributed by atoms with Gasteiger partial charge in [0.15, 0.2) is 0 Å². The molecule has 0 saturated carbocycles. The molecule has 1 heterocycles. The summed E-state index contributed by atoms with van der Waals surface area (Å²) in [5.74, 6) is -0.194. The first-order valence-electron chi connectivity index (χ1n) is 4.35. The van der Waals surface area contributed by atoms with Gasteiger partial charge in [0, 0.05) is 20.7 Å². The molecule has 0 spiro atoms. The number of hydrogen-bond acceptors (Lipinski definition) is 6. The lowest BCUT2D eigenvalue weighted by Crippen LogP contribution is -2.35. The van der Waals surface area contributed by atoms with Gasteiger partial charge in [0.05, 0.1) is 18.9 Å². The van der Waals surface area contributed by atoms with Crippen LogP contribution in [-0.4, -0.2) is 58.9 Å². The maximum Gasteiger partial charge on any atom is 0.267 e. The zero-order valence-electron chi connectivity index (χ0n) is 8.58. The van der Waals surface area contributed by atoms with Crippen LogP contribution in [0, 0.1) is 0 Å². The second-order valence-corrected chi connectivity index (χ2v) is 3.86. The average Bonchev–Trinajstić information content (AvgIpc) is 2.69. The molecule has 0 radical (unpaired) electrons. The average molecular weight is 231 g/mol. The number of nitrogens with zero attached hydrogens (tertiary/aromatic N) is 3. The number of rotatable bonds is 5. The summed E-state index contributed by atoms with van der Waals surface area (Å²) in [6.45, 7) is 0.434. The molecule has 0 aliphatic carbocycles. The minimum absolute atomic E-state index is 0.194. The molecule has 1 aromatic rings. The highest BCUT2D eigenvalue weighted by atomic mass is 32.1. The molecule has 0 aliphatic heterocycles. The summed E-state index contributed by atoms with van der Waals surface area (Å²) >= 11 is 1.03. The van der Waals surface area contributed by atoms with Gasteiger partial charge in [-0.2, -0.15) is 0 Å². The zero-order chi connectivity index (χ0) is 11.3. The van der Waals surface area contributed by atoms with E-state index in [0.717, 1.165) is 11.5 Å². The molecule has 6 nitrogen and oxygen atoms in total. The number of aliphatic hydroxyl groups excluding tert-OH is 1. The van der Waals surface area contributed by atoms with E-state index in [4.69, 9.17) is 4.74 Å². The number of amides is 1. The first-order valence-corrected chi connectivity index (χ1v) is 5.12. The minimum Gasteiger partial charge on any atom is -0.389 e. The maximum atomic E-state index is 11.6. The van der Waals surface area contributed by atoms with Gasteiger partial charge in [-0.3, -0.25) is 4.79 Å². The van der Waals surface area contributed by atoms with Crippen LogP contribution in [0.1, 0.15) is 9.67 Å². The molecule has 1 N–H and O–H groups in total. The van der Waals surface area contributed by atoms with Crippen molar-refractivity contribution in [1.29, 1.82) is 0 Å². The van der Waals surface area contributed by atoms with Crippen LogP contribution in [-0.2, 0) is 4.74 Å². The smallest absolute Gasteiger partial charge is 0.267 e. The number of aliphatic hydroxyl groups is 1. The molecule has 7 heteroatoms. The van der Waals surface area contributed by atoms with Crippen molar-refractivity contribution in [2.45, 2.75) is 6.10 Å². The number of aromatic nitrogens is 2. The van der Waals surface area contributed by atoms with Gasteiger partial charge in [0.1, 0.15) is 4.88 Å². The van der Waals surface area contributed by atoms with Crippen molar-refractivity contribution < 1.29 is 14.6 Å². The lowest BCUT2D eigenvalue weighted by Gasteiger charge is -2.19. The summed E-state index contributed by atoms with van der Waals surface area (Å²) in [6.07, 6.45) is 0.733. The third kappa shape index (κ3) is 3.54. The van der Waals surface area contributed by atoms with E-state index in [1.54, 1.807) is 7.05 Å². The Bertz CT molecular complexity index is 304. The Morgan fingerprint density at radius 1 is 1.80 bits per heavy atom. The maximum absolute atomic E-state index is 11.6. The van der Waals surface area contributed by atoms with E-state index >= 15 is 0 Å². The molecule has 1 unspecified atom stereocenters. The molecule has 1 atom stereocenters. The van der Waals surface area contributed by atoms with Crippen molar-refractivity contribution in [3.05, 3.63) is 11.1 Å². The van der Waals surface area contributed by atoms with Crippen molar-refractivity contribution in [1.82, 2.24) is 14.5 Å². The molecule has 84 valence electrons. The fraction of sp³-hybridized carbons (Fsp3) is 0.625. The molecule has 0 aliphatic rings. The molecule has 1 aromatic heterocycles. The van der Waals surface area contributed by atoms with Crippen LogP contribution in [0.2, 0.25) is 0 Å². The van der Waals surface area contributed by atoms with E-state index in [0.29, 0.717) is 4.88 Å². The van der Waals surface area contributed by atoms with Crippen molar-refractivity contribution in [2.75, 3.05) is 27.3 Å². The highest BCUT2D eigenvalue weighted by Gasteiger charge is 2.16. The van der Waals surface area contributed by atoms with Gasteiger partial charge in [-0.1, -0.05) is 4.49 Å². The first kappa shape index (κ1) is 12.0. The fourth-order valence-electron chi connectivity index (χ4n) is 1.09. The fourth-order valence-corrected chi connectivity index (χ4v) is 1.60. The number of ether oxygens (including phenoxy) is 1. The molecule has 0 aromatic carbocycles. The van der Waals surface area contributed by atoms with Gasteiger partial charge in [-0.05, 0) is 11.5 Å². The Labute approximate surface area is 91.6 Å². The molecule has 0 bridgehead atoms. The van der Waals surface area contributed by atoms with E-state index in [9.17, 15) is 9.90 Å². The quantitative estimate of drug-likeness (QED) is 0.747. The predicted molar refractivity (Wildman–Crippen MR) is 54.8 cm³/mol. The van der Waals surface area contributed by atoms with Gasteiger partial charge in [-0.25, -0.2) is 0 Å². The standard InChI is InChI=1S/C8H13N3O3S/c1-11(4-6(12)5-14-2)8(13)7-3-9-10-15-7/h3,6,12H,4-5H2,1-2H3. The van der Waals surface area contributed by atoms with Crippen molar-refractivity contribution in [2.24, 2.45) is 0 Å². The Morgan fingerprint density at radius 2 is 2.53 bits per heavy atom. The molecule has 15 heavy (non-hydrogen) atoms. The summed E-state index contributed by atoms with van der Waals surface area (Å²) in [6, 6.07) is 0. The number of likely N-dealkylation sites (N-methyl/N-ethyl adjacent to an activating group) is 1. The van der Waals surface area contributed by atoms with E-state index in [-0.39, 0.29) is 19.1 Å². The molecule has 1 amide bonds. The molecule has 0 saturated heterocycles. The Balaban J connectivity index is 2.47. The van der Waals surface area contributed by atoms with Crippen LogP contribution < -0.4 is 0 Å². The third-order valence-electron chi connectivity index (χ3n) is 1.76. The van der Waals surface area contributed by atoms with Crippen molar-refractivity contribution in [3.8, 4) is 0 Å². The lowest BCUT2D eigenvalue weighted by atomic mass is 10.3. The van der Waals surface area contributed by atoms with Gasteiger partial charge < -0.3 is 14.7 Å². The summed E-state index contributed by atoms with van der Waals surface area (Å²) in [5, 5.41) is 13.0. The third-order valence-corrected chi connectivity index (χ3v) is 2.42. The molecular weight excluding hydrogens is 218 g/mol. The van der Waals surface area contributed by atoms with E-state index in [2.05, 4.69) is 9.59 Å². The van der Waals surface area contributed by atoms with E-state index < -0.39 is 6.10 Å². The highest BCUT2D eigenvalue weighted by molar-refractivity contribution is 7.07. The van der Waals surface area contributed by atoms with Crippen LogP contribution in [0.3, 0.4) is 0 Å². The van der Waals surface area contributed by atoms with Crippen LogP contribution in [0.25, 0.3) is 0 Å². The second kappa shape index (κ2) is 5.74. The van der Waals surface area contributed by atoms with Gasteiger partial charge in [0.2, 0.25) is 0 Å². The summed E-state index contributed by atoms with van der Waals surface area (Å²) in [4.78, 5) is 13.5. The summed E-state index contributed by atoms with van der Waals surface area (Å²) < 4.78 is 8.36. The van der Waals surface area contributed by atoms with E-state index in [1.165, 1.54) is 18.2 Å². The van der Waals surface area contributed by atoms with Gasteiger partial charge in [0.25, 0.3) is 5.91 Å². The Hall–Kier alpha value is -1.05. The molecule has 0 fully saturated rings. The largest absolute Gasteiger partial charge is 0.389 e. The lowest BCUT2D eigenvalue weighted by molar-refractivity contribution is 0.0382. The van der Waals surface area contributed by atoms with Crippen LogP contribution >= 0.6 is 11.5 Å². The predicted octanol–water partition coefficient (Wildman–Crippen LogP) is -0.383. The second-order valence-electron chi connectivity index (χ2n) is 3.08. The molecule has 1 rings (SSSR count). The zero-order valence-corrected chi connectivity index (χ0v) is 9.40. The van der Waals surface area contributed by atoms with Crippen LogP contribution in [0.4, 0.5) is 0 Å². The SMILES string of the molecule is COCC(O)CN(C)C(=O)c1cnns1. The number of hydrogen-bond donors (Lipinski definition) is 1.